The van der Waals surface area contributed by atoms with Gasteiger partial charge >= 0.3 is 0 Å². The number of pyridine rings is 1. The van der Waals surface area contributed by atoms with Crippen LogP contribution in [-0.4, -0.2) is 17.1 Å². The molecule has 0 saturated carbocycles. The second kappa shape index (κ2) is 8.27. The zero-order valence-corrected chi connectivity index (χ0v) is 15.2. The van der Waals surface area contributed by atoms with Crippen molar-refractivity contribution in [3.8, 4) is 5.75 Å². The third kappa shape index (κ3) is 4.30. The maximum atomic E-state index is 12.3. The molecule has 1 amide bonds. The van der Waals surface area contributed by atoms with E-state index in [0.717, 1.165) is 27.8 Å². The van der Waals surface area contributed by atoms with Crippen LogP contribution < -0.4 is 4.74 Å². The van der Waals surface area contributed by atoms with Crippen LogP contribution in [0.3, 0.4) is 0 Å². The van der Waals surface area contributed by atoms with Gasteiger partial charge in [0.25, 0.3) is 5.91 Å². The Morgan fingerprint density at radius 3 is 2.57 bits per heavy atom. The number of hydrogen-bond acceptors (Lipinski definition) is 3. The molecule has 0 atom stereocenters. The van der Waals surface area contributed by atoms with Gasteiger partial charge < -0.3 is 4.74 Å². The molecule has 0 radical (unpaired) electrons. The van der Waals surface area contributed by atoms with Crippen molar-refractivity contribution in [3.63, 3.8) is 0 Å². The Hall–Kier alpha value is -3.79. The SMILES string of the molecule is O=C(N=Cc1ccc(OCc2ccccc2)cc1)c1ccc2ncccc2c1. The average molecular weight is 366 g/mol. The maximum absolute atomic E-state index is 12.3. The predicted molar refractivity (Wildman–Crippen MR) is 111 cm³/mol. The van der Waals surface area contributed by atoms with Crippen molar-refractivity contribution in [1.29, 1.82) is 0 Å². The fraction of sp³-hybridized carbons (Fsp3) is 0.0417. The lowest BCUT2D eigenvalue weighted by Gasteiger charge is -2.06. The third-order valence-corrected chi connectivity index (χ3v) is 4.31. The first kappa shape index (κ1) is 17.6. The van der Waals surface area contributed by atoms with Gasteiger partial charge in [0.1, 0.15) is 12.4 Å². The Balaban J connectivity index is 1.40. The zero-order chi connectivity index (χ0) is 19.2. The van der Waals surface area contributed by atoms with Crippen LogP contribution in [0.1, 0.15) is 21.5 Å². The van der Waals surface area contributed by atoms with Gasteiger partial charge in [-0.15, -0.1) is 0 Å². The molecule has 0 unspecified atom stereocenters. The number of fused-ring (bicyclic) bond motifs is 1. The molecule has 3 aromatic carbocycles. The second-order valence-electron chi connectivity index (χ2n) is 6.32. The fourth-order valence-electron chi connectivity index (χ4n) is 2.81. The topological polar surface area (TPSA) is 51.5 Å². The van der Waals surface area contributed by atoms with Gasteiger partial charge in [-0.25, -0.2) is 4.99 Å². The molecule has 4 heteroatoms. The summed E-state index contributed by atoms with van der Waals surface area (Å²) in [4.78, 5) is 20.7. The van der Waals surface area contributed by atoms with Gasteiger partial charge in [0.15, 0.2) is 0 Å². The lowest BCUT2D eigenvalue weighted by Crippen LogP contribution is -1.97. The minimum atomic E-state index is -0.282. The smallest absolute Gasteiger partial charge is 0.276 e. The van der Waals surface area contributed by atoms with E-state index in [1.807, 2.05) is 78.9 Å². The summed E-state index contributed by atoms with van der Waals surface area (Å²) in [6.45, 7) is 0.517. The summed E-state index contributed by atoms with van der Waals surface area (Å²) in [5, 5.41) is 0.920. The minimum Gasteiger partial charge on any atom is -0.489 e. The molecule has 0 fully saturated rings. The van der Waals surface area contributed by atoms with Crippen LogP contribution >= 0.6 is 0 Å². The molecule has 0 aliphatic heterocycles. The first-order valence-corrected chi connectivity index (χ1v) is 8.98. The molecule has 1 heterocycles. The molecule has 0 spiro atoms. The van der Waals surface area contributed by atoms with Crippen LogP contribution in [0, 0.1) is 0 Å². The number of aromatic nitrogens is 1. The Labute approximate surface area is 163 Å². The van der Waals surface area contributed by atoms with Crippen molar-refractivity contribution in [2.75, 3.05) is 0 Å². The second-order valence-corrected chi connectivity index (χ2v) is 6.32. The van der Waals surface area contributed by atoms with Gasteiger partial charge in [0.05, 0.1) is 5.52 Å². The average Bonchev–Trinajstić information content (AvgIpc) is 2.77. The van der Waals surface area contributed by atoms with E-state index in [2.05, 4.69) is 9.98 Å². The summed E-state index contributed by atoms with van der Waals surface area (Å²) in [5.74, 6) is 0.490. The monoisotopic (exact) mass is 366 g/mol. The predicted octanol–water partition coefficient (Wildman–Crippen LogP) is 5.07. The summed E-state index contributed by atoms with van der Waals surface area (Å²) in [6.07, 6.45) is 3.30. The van der Waals surface area contributed by atoms with Crippen molar-refractivity contribution in [2.45, 2.75) is 6.61 Å². The normalized spacial score (nSPS) is 11.0. The van der Waals surface area contributed by atoms with Gasteiger partial charge in [0.2, 0.25) is 0 Å². The van der Waals surface area contributed by atoms with E-state index in [4.69, 9.17) is 4.74 Å². The highest BCUT2D eigenvalue weighted by atomic mass is 16.5. The van der Waals surface area contributed by atoms with E-state index < -0.39 is 0 Å². The van der Waals surface area contributed by atoms with Gasteiger partial charge in [-0.3, -0.25) is 9.78 Å². The third-order valence-electron chi connectivity index (χ3n) is 4.31. The Morgan fingerprint density at radius 2 is 1.75 bits per heavy atom. The number of rotatable bonds is 5. The number of amides is 1. The zero-order valence-electron chi connectivity index (χ0n) is 15.2. The number of carbonyl (C=O) groups is 1. The van der Waals surface area contributed by atoms with E-state index in [0.29, 0.717) is 12.2 Å². The van der Waals surface area contributed by atoms with Crippen LogP contribution in [0.25, 0.3) is 10.9 Å². The molecular formula is C24H18N2O2. The van der Waals surface area contributed by atoms with Crippen LogP contribution in [0.5, 0.6) is 5.75 Å². The van der Waals surface area contributed by atoms with E-state index in [9.17, 15) is 4.79 Å². The molecule has 28 heavy (non-hydrogen) atoms. The summed E-state index contributed by atoms with van der Waals surface area (Å²) < 4.78 is 5.77. The summed E-state index contributed by atoms with van der Waals surface area (Å²) in [7, 11) is 0. The van der Waals surface area contributed by atoms with E-state index >= 15 is 0 Å². The number of carbonyl (C=O) groups excluding carboxylic acids is 1. The summed E-state index contributed by atoms with van der Waals surface area (Å²) in [6, 6.07) is 26.7. The van der Waals surface area contributed by atoms with Crippen molar-refractivity contribution >= 4 is 23.0 Å². The quantitative estimate of drug-likeness (QED) is 0.463. The van der Waals surface area contributed by atoms with Gasteiger partial charge in [0, 0.05) is 23.4 Å². The molecule has 4 aromatic rings. The number of benzene rings is 3. The maximum Gasteiger partial charge on any atom is 0.276 e. The molecule has 4 nitrogen and oxygen atoms in total. The first-order chi connectivity index (χ1) is 13.8. The highest BCUT2D eigenvalue weighted by molar-refractivity contribution is 6.03. The molecule has 0 aliphatic carbocycles. The number of ether oxygens (including phenoxy) is 1. The Kier molecular flexibility index (Phi) is 5.20. The van der Waals surface area contributed by atoms with E-state index in [1.54, 1.807) is 18.5 Å². The minimum absolute atomic E-state index is 0.282. The number of nitrogens with zero attached hydrogens (tertiary/aromatic N) is 2. The van der Waals surface area contributed by atoms with Crippen molar-refractivity contribution in [3.05, 3.63) is 108 Å². The molecule has 4 rings (SSSR count). The molecule has 0 N–H and O–H groups in total. The van der Waals surface area contributed by atoms with Crippen molar-refractivity contribution < 1.29 is 9.53 Å². The Bertz CT molecular complexity index is 1120. The summed E-state index contributed by atoms with van der Waals surface area (Å²) in [5.41, 5.74) is 3.35. The molecule has 0 bridgehead atoms. The van der Waals surface area contributed by atoms with Crippen molar-refractivity contribution in [1.82, 2.24) is 4.98 Å². The molecule has 1 aromatic heterocycles. The number of aliphatic imine (C=N–C) groups is 1. The lowest BCUT2D eigenvalue weighted by atomic mass is 10.1. The highest BCUT2D eigenvalue weighted by Crippen LogP contribution is 2.15. The molecule has 0 saturated heterocycles. The fourth-order valence-corrected chi connectivity index (χ4v) is 2.81. The van der Waals surface area contributed by atoms with Crippen LogP contribution in [-0.2, 0) is 6.61 Å². The standard InChI is InChI=1S/C24H18N2O2/c27-24(21-10-13-23-20(15-21)7-4-14-25-23)26-16-18-8-11-22(12-9-18)28-17-19-5-2-1-3-6-19/h1-16H,17H2. The molecule has 0 aliphatic rings. The van der Waals surface area contributed by atoms with E-state index in [-0.39, 0.29) is 5.91 Å². The van der Waals surface area contributed by atoms with Gasteiger partial charge in [-0.2, -0.15) is 0 Å². The number of hydrogen-bond donors (Lipinski definition) is 0. The molecule has 136 valence electrons. The molecular weight excluding hydrogens is 348 g/mol. The van der Waals surface area contributed by atoms with Gasteiger partial charge in [-0.1, -0.05) is 36.4 Å². The summed E-state index contributed by atoms with van der Waals surface area (Å²) >= 11 is 0. The lowest BCUT2D eigenvalue weighted by molar-refractivity contribution is 0.100. The van der Waals surface area contributed by atoms with E-state index in [1.165, 1.54) is 0 Å². The van der Waals surface area contributed by atoms with Crippen LogP contribution in [0.2, 0.25) is 0 Å². The van der Waals surface area contributed by atoms with Crippen molar-refractivity contribution in [2.24, 2.45) is 4.99 Å². The van der Waals surface area contributed by atoms with Crippen LogP contribution in [0.15, 0.2) is 96.1 Å². The van der Waals surface area contributed by atoms with Crippen LogP contribution in [0.4, 0.5) is 0 Å². The Morgan fingerprint density at radius 1 is 0.929 bits per heavy atom. The largest absolute Gasteiger partial charge is 0.489 e. The van der Waals surface area contributed by atoms with Gasteiger partial charge in [-0.05, 0) is 59.7 Å². The highest BCUT2D eigenvalue weighted by Gasteiger charge is 2.05. The first-order valence-electron chi connectivity index (χ1n) is 8.98.